The standard InChI is InChI=1S/C12H23NO3/c1-7(2)8(3)10(14)13-9(11(15)16)12(4,5)6/h7-9H,1-6H3,(H,13,14)(H,15,16)/t8?,9-/m0/s1. The Morgan fingerprint density at radius 1 is 1.12 bits per heavy atom. The molecule has 4 nitrogen and oxygen atoms in total. The Bertz CT molecular complexity index is 266. The maximum Gasteiger partial charge on any atom is 0.326 e. The zero-order valence-electron chi connectivity index (χ0n) is 11.0. The third-order valence-corrected chi connectivity index (χ3v) is 2.81. The van der Waals surface area contributed by atoms with Gasteiger partial charge in [0.2, 0.25) is 5.91 Å². The molecule has 2 atom stereocenters. The van der Waals surface area contributed by atoms with Crippen molar-refractivity contribution < 1.29 is 14.7 Å². The highest BCUT2D eigenvalue weighted by Gasteiger charge is 2.33. The van der Waals surface area contributed by atoms with Gasteiger partial charge in [0.15, 0.2) is 0 Å². The Kier molecular flexibility index (Phi) is 4.97. The molecule has 1 amide bonds. The van der Waals surface area contributed by atoms with Crippen molar-refractivity contribution in [1.29, 1.82) is 0 Å². The molecule has 0 fully saturated rings. The normalized spacial score (nSPS) is 15.7. The molecule has 94 valence electrons. The van der Waals surface area contributed by atoms with Gasteiger partial charge in [-0.05, 0) is 11.3 Å². The summed E-state index contributed by atoms with van der Waals surface area (Å²) in [4.78, 5) is 22.8. The van der Waals surface area contributed by atoms with Crippen molar-refractivity contribution in [2.45, 2.75) is 47.6 Å². The van der Waals surface area contributed by atoms with Gasteiger partial charge in [-0.2, -0.15) is 0 Å². The van der Waals surface area contributed by atoms with E-state index >= 15 is 0 Å². The summed E-state index contributed by atoms with van der Waals surface area (Å²) >= 11 is 0. The first-order valence-electron chi connectivity index (χ1n) is 5.60. The molecule has 0 aliphatic heterocycles. The lowest BCUT2D eigenvalue weighted by atomic mass is 9.86. The summed E-state index contributed by atoms with van der Waals surface area (Å²) < 4.78 is 0. The number of hydrogen-bond acceptors (Lipinski definition) is 2. The van der Waals surface area contributed by atoms with Crippen molar-refractivity contribution in [1.82, 2.24) is 5.32 Å². The Labute approximate surface area is 97.4 Å². The lowest BCUT2D eigenvalue weighted by Crippen LogP contribution is -2.51. The van der Waals surface area contributed by atoms with Gasteiger partial charge in [-0.1, -0.05) is 41.5 Å². The molecule has 0 aromatic carbocycles. The fourth-order valence-corrected chi connectivity index (χ4v) is 1.23. The summed E-state index contributed by atoms with van der Waals surface area (Å²) in [6.07, 6.45) is 0. The third-order valence-electron chi connectivity index (χ3n) is 2.81. The van der Waals surface area contributed by atoms with Crippen molar-refractivity contribution in [3.05, 3.63) is 0 Å². The number of amides is 1. The van der Waals surface area contributed by atoms with Gasteiger partial charge in [-0.3, -0.25) is 4.79 Å². The molecule has 0 aromatic heterocycles. The smallest absolute Gasteiger partial charge is 0.326 e. The van der Waals surface area contributed by atoms with E-state index < -0.39 is 17.4 Å². The summed E-state index contributed by atoms with van der Waals surface area (Å²) in [5.74, 6) is -1.16. The molecular weight excluding hydrogens is 206 g/mol. The number of rotatable bonds is 4. The maximum atomic E-state index is 11.8. The van der Waals surface area contributed by atoms with Crippen LogP contribution in [0.4, 0.5) is 0 Å². The largest absolute Gasteiger partial charge is 0.480 e. The van der Waals surface area contributed by atoms with Gasteiger partial charge in [-0.25, -0.2) is 4.79 Å². The lowest BCUT2D eigenvalue weighted by Gasteiger charge is -2.29. The minimum atomic E-state index is -0.989. The molecule has 2 N–H and O–H groups in total. The summed E-state index contributed by atoms with van der Waals surface area (Å²) in [6, 6.07) is -0.846. The first-order valence-corrected chi connectivity index (χ1v) is 5.60. The number of carbonyl (C=O) groups excluding carboxylic acids is 1. The molecule has 0 bridgehead atoms. The molecule has 0 aliphatic rings. The summed E-state index contributed by atoms with van der Waals surface area (Å²) in [6.45, 7) is 11.1. The lowest BCUT2D eigenvalue weighted by molar-refractivity contribution is -0.145. The van der Waals surface area contributed by atoms with Crippen molar-refractivity contribution in [3.63, 3.8) is 0 Å². The molecule has 0 aromatic rings. The van der Waals surface area contributed by atoms with E-state index in [0.29, 0.717) is 0 Å². The number of carboxylic acid groups (broad SMARTS) is 1. The minimum Gasteiger partial charge on any atom is -0.480 e. The van der Waals surface area contributed by atoms with Gasteiger partial charge in [-0.15, -0.1) is 0 Å². The summed E-state index contributed by atoms with van der Waals surface area (Å²) in [5.41, 5.74) is -0.488. The van der Waals surface area contributed by atoms with Crippen molar-refractivity contribution in [2.75, 3.05) is 0 Å². The van der Waals surface area contributed by atoms with E-state index in [1.165, 1.54) is 0 Å². The molecule has 0 aliphatic carbocycles. The van der Waals surface area contributed by atoms with Gasteiger partial charge in [0.05, 0.1) is 0 Å². The van der Waals surface area contributed by atoms with Crippen LogP contribution in [0.25, 0.3) is 0 Å². The highest BCUT2D eigenvalue weighted by atomic mass is 16.4. The average Bonchev–Trinajstić information content (AvgIpc) is 2.09. The Hall–Kier alpha value is -1.06. The summed E-state index contributed by atoms with van der Waals surface area (Å²) in [7, 11) is 0. The second-order valence-electron chi connectivity index (χ2n) is 5.68. The van der Waals surface area contributed by atoms with Crippen LogP contribution in [0.5, 0.6) is 0 Å². The molecule has 0 radical (unpaired) electrons. The average molecular weight is 229 g/mol. The first-order chi connectivity index (χ1) is 7.07. The first kappa shape index (κ1) is 14.9. The van der Waals surface area contributed by atoms with Crippen molar-refractivity contribution in [2.24, 2.45) is 17.3 Å². The van der Waals surface area contributed by atoms with Crippen LogP contribution in [0.2, 0.25) is 0 Å². The van der Waals surface area contributed by atoms with E-state index in [1.807, 2.05) is 20.8 Å². The van der Waals surface area contributed by atoms with E-state index in [1.54, 1.807) is 20.8 Å². The highest BCUT2D eigenvalue weighted by Crippen LogP contribution is 2.20. The van der Waals surface area contributed by atoms with Crippen LogP contribution >= 0.6 is 0 Å². The molecule has 0 saturated carbocycles. The van der Waals surface area contributed by atoms with Crippen LogP contribution < -0.4 is 5.32 Å². The van der Waals surface area contributed by atoms with Crippen LogP contribution in [0.3, 0.4) is 0 Å². The number of carbonyl (C=O) groups is 2. The second kappa shape index (κ2) is 5.32. The Morgan fingerprint density at radius 2 is 1.56 bits per heavy atom. The molecule has 16 heavy (non-hydrogen) atoms. The second-order valence-corrected chi connectivity index (χ2v) is 5.68. The predicted molar refractivity (Wildman–Crippen MR) is 63.0 cm³/mol. The van der Waals surface area contributed by atoms with E-state index in [0.717, 1.165) is 0 Å². The Morgan fingerprint density at radius 3 is 1.81 bits per heavy atom. The van der Waals surface area contributed by atoms with E-state index in [9.17, 15) is 9.59 Å². The number of nitrogens with one attached hydrogen (secondary N) is 1. The van der Waals surface area contributed by atoms with E-state index in [4.69, 9.17) is 5.11 Å². The fourth-order valence-electron chi connectivity index (χ4n) is 1.23. The van der Waals surface area contributed by atoms with E-state index in [-0.39, 0.29) is 17.7 Å². The molecule has 1 unspecified atom stereocenters. The molecule has 0 heterocycles. The van der Waals surface area contributed by atoms with E-state index in [2.05, 4.69) is 5.32 Å². The number of aliphatic carboxylic acids is 1. The van der Waals surface area contributed by atoms with Gasteiger partial charge in [0.25, 0.3) is 0 Å². The molecule has 0 saturated heterocycles. The molecule has 0 rings (SSSR count). The van der Waals surface area contributed by atoms with Crippen LogP contribution in [-0.2, 0) is 9.59 Å². The summed E-state index contributed by atoms with van der Waals surface area (Å²) in [5, 5.41) is 11.7. The molecular formula is C12H23NO3. The molecule has 0 spiro atoms. The van der Waals surface area contributed by atoms with Crippen LogP contribution in [0.1, 0.15) is 41.5 Å². The van der Waals surface area contributed by atoms with Gasteiger partial charge < -0.3 is 10.4 Å². The fraction of sp³-hybridized carbons (Fsp3) is 0.833. The zero-order valence-corrected chi connectivity index (χ0v) is 11.0. The Balaban J connectivity index is 4.67. The number of hydrogen-bond donors (Lipinski definition) is 2. The predicted octanol–water partition coefficient (Wildman–Crippen LogP) is 1.89. The van der Waals surface area contributed by atoms with Crippen LogP contribution in [0.15, 0.2) is 0 Å². The quantitative estimate of drug-likeness (QED) is 0.773. The van der Waals surface area contributed by atoms with Crippen molar-refractivity contribution in [3.8, 4) is 0 Å². The minimum absolute atomic E-state index is 0.177. The zero-order chi connectivity index (χ0) is 13.1. The van der Waals surface area contributed by atoms with Crippen LogP contribution in [0, 0.1) is 17.3 Å². The number of carboxylic acids is 1. The van der Waals surface area contributed by atoms with Gasteiger partial charge >= 0.3 is 5.97 Å². The van der Waals surface area contributed by atoms with Gasteiger partial charge in [0.1, 0.15) is 6.04 Å². The topological polar surface area (TPSA) is 66.4 Å². The molecule has 4 heteroatoms. The van der Waals surface area contributed by atoms with Crippen molar-refractivity contribution >= 4 is 11.9 Å². The monoisotopic (exact) mass is 229 g/mol. The highest BCUT2D eigenvalue weighted by molar-refractivity contribution is 5.85. The van der Waals surface area contributed by atoms with Crippen LogP contribution in [-0.4, -0.2) is 23.0 Å². The van der Waals surface area contributed by atoms with Gasteiger partial charge in [0, 0.05) is 5.92 Å². The SMILES string of the molecule is CC(C)C(C)C(=O)N[C@@H](C(=O)O)C(C)(C)C. The maximum absolute atomic E-state index is 11.8. The third kappa shape index (κ3) is 4.21.